The van der Waals surface area contributed by atoms with Crippen LogP contribution in [0.25, 0.3) is 0 Å². The third-order valence-electron chi connectivity index (χ3n) is 3.80. The highest BCUT2D eigenvalue weighted by molar-refractivity contribution is 5.28. The summed E-state index contributed by atoms with van der Waals surface area (Å²) in [6.07, 6.45) is 4.24. The standard InChI is InChI=1S/C15H28N4O/c1-12(2)8-16-9-13-11-20-15(17-13)19-7-5-6-14(10-19)18(3)4/h11-12,14,16H,5-10H2,1-4H3. The Kier molecular flexibility index (Phi) is 5.43. The molecule has 2 heterocycles. The van der Waals surface area contributed by atoms with Crippen molar-refractivity contribution in [3.63, 3.8) is 0 Å². The maximum atomic E-state index is 5.65. The van der Waals surface area contributed by atoms with Crippen molar-refractivity contribution in [2.75, 3.05) is 38.6 Å². The second kappa shape index (κ2) is 7.09. The van der Waals surface area contributed by atoms with E-state index in [9.17, 15) is 0 Å². The van der Waals surface area contributed by atoms with Gasteiger partial charge in [0.2, 0.25) is 0 Å². The van der Waals surface area contributed by atoms with Crippen LogP contribution in [0, 0.1) is 5.92 Å². The zero-order valence-corrected chi connectivity index (χ0v) is 13.2. The summed E-state index contributed by atoms with van der Waals surface area (Å²) in [7, 11) is 4.29. The van der Waals surface area contributed by atoms with Gasteiger partial charge in [0.05, 0.1) is 5.69 Å². The van der Waals surface area contributed by atoms with Gasteiger partial charge in [-0.3, -0.25) is 0 Å². The van der Waals surface area contributed by atoms with E-state index in [0.717, 1.165) is 37.9 Å². The first-order chi connectivity index (χ1) is 9.56. The number of piperidine rings is 1. The number of likely N-dealkylation sites (N-methyl/N-ethyl adjacent to an activating group) is 1. The molecule has 0 aromatic carbocycles. The molecular formula is C15H28N4O. The number of oxazole rings is 1. The van der Waals surface area contributed by atoms with Crippen molar-refractivity contribution in [2.24, 2.45) is 5.92 Å². The predicted octanol–water partition coefficient (Wildman–Crippen LogP) is 1.95. The molecule has 1 fully saturated rings. The van der Waals surface area contributed by atoms with Gasteiger partial charge in [-0.05, 0) is 39.4 Å². The van der Waals surface area contributed by atoms with Crippen LogP contribution in [0.4, 0.5) is 6.01 Å². The molecule has 1 aliphatic rings. The zero-order valence-electron chi connectivity index (χ0n) is 13.2. The van der Waals surface area contributed by atoms with E-state index in [-0.39, 0.29) is 0 Å². The first-order valence-corrected chi connectivity index (χ1v) is 7.62. The fourth-order valence-corrected chi connectivity index (χ4v) is 2.56. The van der Waals surface area contributed by atoms with Crippen LogP contribution in [0.5, 0.6) is 0 Å². The highest BCUT2D eigenvalue weighted by Gasteiger charge is 2.24. The van der Waals surface area contributed by atoms with Crippen LogP contribution in [0.2, 0.25) is 0 Å². The van der Waals surface area contributed by atoms with Crippen molar-refractivity contribution < 1.29 is 4.42 Å². The number of rotatable bonds is 6. The summed E-state index contributed by atoms with van der Waals surface area (Å²) in [5.41, 5.74) is 0.993. The van der Waals surface area contributed by atoms with Crippen LogP contribution in [-0.2, 0) is 6.54 Å². The average Bonchev–Trinajstić information content (AvgIpc) is 2.87. The van der Waals surface area contributed by atoms with E-state index in [1.54, 1.807) is 6.26 Å². The van der Waals surface area contributed by atoms with Crippen molar-refractivity contribution in [3.8, 4) is 0 Å². The number of anilines is 1. The Morgan fingerprint density at radius 3 is 3.00 bits per heavy atom. The fourth-order valence-electron chi connectivity index (χ4n) is 2.56. The molecule has 20 heavy (non-hydrogen) atoms. The minimum Gasteiger partial charge on any atom is -0.432 e. The molecule has 1 aliphatic heterocycles. The maximum absolute atomic E-state index is 5.65. The van der Waals surface area contributed by atoms with Gasteiger partial charge in [-0.2, -0.15) is 4.98 Å². The predicted molar refractivity (Wildman–Crippen MR) is 82.0 cm³/mol. The van der Waals surface area contributed by atoms with Gasteiger partial charge in [-0.1, -0.05) is 13.8 Å². The molecule has 114 valence electrons. The number of hydrogen-bond acceptors (Lipinski definition) is 5. The van der Waals surface area contributed by atoms with Crippen LogP contribution in [0.1, 0.15) is 32.4 Å². The lowest BCUT2D eigenvalue weighted by Gasteiger charge is -2.35. The molecule has 5 heteroatoms. The number of aromatic nitrogens is 1. The van der Waals surface area contributed by atoms with E-state index < -0.39 is 0 Å². The van der Waals surface area contributed by atoms with Gasteiger partial charge in [0.1, 0.15) is 6.26 Å². The van der Waals surface area contributed by atoms with Gasteiger partial charge in [0.25, 0.3) is 6.01 Å². The summed E-state index contributed by atoms with van der Waals surface area (Å²) in [5.74, 6) is 0.657. The minimum absolute atomic E-state index is 0.596. The molecule has 0 aliphatic carbocycles. The van der Waals surface area contributed by atoms with E-state index >= 15 is 0 Å². The maximum Gasteiger partial charge on any atom is 0.297 e. The molecule has 1 aromatic rings. The fraction of sp³-hybridized carbons (Fsp3) is 0.800. The smallest absolute Gasteiger partial charge is 0.297 e. The SMILES string of the molecule is CC(C)CNCc1coc(N2CCCC(N(C)C)C2)n1. The quantitative estimate of drug-likeness (QED) is 0.863. The monoisotopic (exact) mass is 280 g/mol. The van der Waals surface area contributed by atoms with Crippen LogP contribution in [0.3, 0.4) is 0 Å². The van der Waals surface area contributed by atoms with E-state index in [0.29, 0.717) is 12.0 Å². The molecular weight excluding hydrogens is 252 g/mol. The highest BCUT2D eigenvalue weighted by atomic mass is 16.4. The third-order valence-corrected chi connectivity index (χ3v) is 3.80. The number of nitrogens with one attached hydrogen (secondary N) is 1. The summed E-state index contributed by atoms with van der Waals surface area (Å²) in [6, 6.07) is 1.37. The second-order valence-corrected chi connectivity index (χ2v) is 6.35. The topological polar surface area (TPSA) is 44.5 Å². The molecule has 0 spiro atoms. The summed E-state index contributed by atoms with van der Waals surface area (Å²) in [6.45, 7) is 8.25. The summed E-state index contributed by atoms with van der Waals surface area (Å²) in [4.78, 5) is 9.16. The highest BCUT2D eigenvalue weighted by Crippen LogP contribution is 2.21. The van der Waals surface area contributed by atoms with Crippen molar-refractivity contribution in [1.29, 1.82) is 0 Å². The van der Waals surface area contributed by atoms with E-state index in [2.05, 4.69) is 48.0 Å². The summed E-state index contributed by atoms with van der Waals surface area (Å²) >= 11 is 0. The molecule has 1 unspecified atom stereocenters. The van der Waals surface area contributed by atoms with Gasteiger partial charge in [0, 0.05) is 25.7 Å². The van der Waals surface area contributed by atoms with Crippen molar-refractivity contribution in [2.45, 2.75) is 39.3 Å². The Morgan fingerprint density at radius 1 is 1.50 bits per heavy atom. The Labute approximate surface area is 122 Å². The van der Waals surface area contributed by atoms with Gasteiger partial charge < -0.3 is 19.5 Å². The van der Waals surface area contributed by atoms with Crippen LogP contribution >= 0.6 is 0 Å². The van der Waals surface area contributed by atoms with Crippen molar-refractivity contribution in [3.05, 3.63) is 12.0 Å². The molecule has 0 radical (unpaired) electrons. The lowest BCUT2D eigenvalue weighted by Crippen LogP contribution is -2.45. The molecule has 1 atom stereocenters. The van der Waals surface area contributed by atoms with Gasteiger partial charge >= 0.3 is 0 Å². The normalized spacial score (nSPS) is 20.1. The van der Waals surface area contributed by atoms with Crippen molar-refractivity contribution >= 4 is 6.01 Å². The van der Waals surface area contributed by atoms with Crippen LogP contribution in [0.15, 0.2) is 10.7 Å². The average molecular weight is 280 g/mol. The van der Waals surface area contributed by atoms with Gasteiger partial charge in [-0.25, -0.2) is 0 Å². The van der Waals surface area contributed by atoms with E-state index in [4.69, 9.17) is 4.42 Å². The number of hydrogen-bond donors (Lipinski definition) is 1. The molecule has 1 saturated heterocycles. The third kappa shape index (κ3) is 4.21. The Hall–Kier alpha value is -1.07. The van der Waals surface area contributed by atoms with E-state index in [1.807, 2.05) is 0 Å². The minimum atomic E-state index is 0.596. The number of nitrogens with zero attached hydrogens (tertiary/aromatic N) is 3. The van der Waals surface area contributed by atoms with Crippen LogP contribution < -0.4 is 10.2 Å². The molecule has 0 saturated carbocycles. The Morgan fingerprint density at radius 2 is 2.30 bits per heavy atom. The lowest BCUT2D eigenvalue weighted by molar-refractivity contribution is 0.253. The molecule has 1 N–H and O–H groups in total. The van der Waals surface area contributed by atoms with Gasteiger partial charge in [0.15, 0.2) is 0 Å². The Balaban J connectivity index is 1.88. The lowest BCUT2D eigenvalue weighted by atomic mass is 10.1. The zero-order chi connectivity index (χ0) is 14.5. The molecule has 0 amide bonds. The first kappa shape index (κ1) is 15.3. The largest absolute Gasteiger partial charge is 0.432 e. The summed E-state index contributed by atoms with van der Waals surface area (Å²) in [5, 5.41) is 3.40. The molecule has 1 aromatic heterocycles. The Bertz CT molecular complexity index is 402. The molecule has 5 nitrogen and oxygen atoms in total. The van der Waals surface area contributed by atoms with Crippen molar-refractivity contribution in [1.82, 2.24) is 15.2 Å². The van der Waals surface area contributed by atoms with Gasteiger partial charge in [-0.15, -0.1) is 0 Å². The summed E-state index contributed by atoms with van der Waals surface area (Å²) < 4.78 is 5.65. The second-order valence-electron chi connectivity index (χ2n) is 6.35. The first-order valence-electron chi connectivity index (χ1n) is 7.62. The molecule has 0 bridgehead atoms. The van der Waals surface area contributed by atoms with Crippen LogP contribution in [-0.4, -0.2) is 49.7 Å². The van der Waals surface area contributed by atoms with E-state index in [1.165, 1.54) is 12.8 Å². The molecule has 2 rings (SSSR count).